The third-order valence-electron chi connectivity index (χ3n) is 5.01. The number of hydrogen-bond acceptors (Lipinski definition) is 5. The molecule has 1 aromatic carbocycles. The van der Waals surface area contributed by atoms with Gasteiger partial charge in [0.15, 0.2) is 6.61 Å². The van der Waals surface area contributed by atoms with Gasteiger partial charge in [-0.2, -0.15) is 0 Å². The minimum absolute atomic E-state index is 0.00378. The number of benzene rings is 1. The molecule has 0 saturated carbocycles. The number of halogens is 2. The topological polar surface area (TPSA) is 66.9 Å². The highest BCUT2D eigenvalue weighted by Crippen LogP contribution is 2.24. The third kappa shape index (κ3) is 5.74. The number of amides is 2. The summed E-state index contributed by atoms with van der Waals surface area (Å²) in [6, 6.07) is 8.80. The van der Waals surface area contributed by atoms with E-state index >= 15 is 0 Å². The fourth-order valence-electron chi connectivity index (χ4n) is 3.24. The molecule has 0 radical (unpaired) electrons. The standard InChI is InChI=1S/C21H22Cl2N2O4S/c1-24(12-14-4-5-16(22)17(23)11-14)19(26)13-29-21(28)15-6-8-25(9-7-15)20(27)18-3-2-10-30-18/h2-5,10-11,15H,6-9,12-13H2,1H3. The van der Waals surface area contributed by atoms with Gasteiger partial charge in [-0.1, -0.05) is 35.3 Å². The SMILES string of the molecule is CN(Cc1ccc(Cl)c(Cl)c1)C(=O)COC(=O)C1CCN(C(=O)c2cccs2)CC1. The van der Waals surface area contributed by atoms with Crippen LogP contribution >= 0.6 is 34.5 Å². The van der Waals surface area contributed by atoms with Gasteiger partial charge in [-0.3, -0.25) is 14.4 Å². The minimum Gasteiger partial charge on any atom is -0.455 e. The van der Waals surface area contributed by atoms with Crippen molar-refractivity contribution >= 4 is 52.3 Å². The van der Waals surface area contributed by atoms with Crippen molar-refractivity contribution in [1.82, 2.24) is 9.80 Å². The van der Waals surface area contributed by atoms with Gasteiger partial charge in [-0.25, -0.2) is 0 Å². The number of esters is 1. The van der Waals surface area contributed by atoms with E-state index in [1.165, 1.54) is 16.2 Å². The van der Waals surface area contributed by atoms with Crippen LogP contribution in [0.5, 0.6) is 0 Å². The van der Waals surface area contributed by atoms with Crippen LogP contribution in [0.3, 0.4) is 0 Å². The van der Waals surface area contributed by atoms with Crippen molar-refractivity contribution in [2.75, 3.05) is 26.7 Å². The summed E-state index contributed by atoms with van der Waals surface area (Å²) >= 11 is 13.3. The van der Waals surface area contributed by atoms with E-state index in [9.17, 15) is 14.4 Å². The molecule has 1 aromatic heterocycles. The lowest BCUT2D eigenvalue weighted by molar-refractivity contribution is -0.156. The Morgan fingerprint density at radius 3 is 2.53 bits per heavy atom. The summed E-state index contributed by atoms with van der Waals surface area (Å²) < 4.78 is 5.23. The summed E-state index contributed by atoms with van der Waals surface area (Å²) in [5.74, 6) is -1.00. The number of rotatable bonds is 6. The zero-order chi connectivity index (χ0) is 21.7. The van der Waals surface area contributed by atoms with Gasteiger partial charge in [-0.05, 0) is 42.0 Å². The summed E-state index contributed by atoms with van der Waals surface area (Å²) in [5, 5.41) is 2.74. The van der Waals surface area contributed by atoms with Gasteiger partial charge in [0.1, 0.15) is 0 Å². The molecule has 2 aromatic rings. The predicted octanol–water partition coefficient (Wildman–Crippen LogP) is 4.11. The van der Waals surface area contributed by atoms with Crippen molar-refractivity contribution in [2.45, 2.75) is 19.4 Å². The molecule has 0 atom stereocenters. The van der Waals surface area contributed by atoms with Crippen LogP contribution < -0.4 is 0 Å². The Hall–Kier alpha value is -2.09. The van der Waals surface area contributed by atoms with Crippen molar-refractivity contribution in [2.24, 2.45) is 5.92 Å². The number of ether oxygens (including phenoxy) is 1. The number of piperidine rings is 1. The molecule has 1 aliphatic heterocycles. The maximum Gasteiger partial charge on any atom is 0.309 e. The average Bonchev–Trinajstić information content (AvgIpc) is 3.29. The highest BCUT2D eigenvalue weighted by molar-refractivity contribution is 7.12. The summed E-state index contributed by atoms with van der Waals surface area (Å²) in [5.41, 5.74) is 0.828. The molecule has 0 N–H and O–H groups in total. The number of nitrogens with zero attached hydrogens (tertiary/aromatic N) is 2. The highest BCUT2D eigenvalue weighted by Gasteiger charge is 2.29. The molecule has 0 aliphatic carbocycles. The second kappa shape index (κ2) is 10.3. The lowest BCUT2D eigenvalue weighted by Crippen LogP contribution is -2.41. The average molecular weight is 469 g/mol. The zero-order valence-electron chi connectivity index (χ0n) is 16.5. The quantitative estimate of drug-likeness (QED) is 0.598. The molecule has 3 rings (SSSR count). The molecule has 0 spiro atoms. The Morgan fingerprint density at radius 2 is 1.90 bits per heavy atom. The zero-order valence-corrected chi connectivity index (χ0v) is 18.8. The maximum absolute atomic E-state index is 12.4. The van der Waals surface area contributed by atoms with Gasteiger partial charge in [0, 0.05) is 26.7 Å². The molecule has 30 heavy (non-hydrogen) atoms. The molecule has 160 valence electrons. The van der Waals surface area contributed by atoms with Crippen LogP contribution in [-0.4, -0.2) is 54.3 Å². The Balaban J connectivity index is 1.42. The van der Waals surface area contributed by atoms with E-state index in [1.807, 2.05) is 11.4 Å². The Labute approximate surface area is 189 Å². The van der Waals surface area contributed by atoms with E-state index in [-0.39, 0.29) is 24.3 Å². The second-order valence-corrected chi connectivity index (χ2v) is 8.91. The molecule has 6 nitrogen and oxygen atoms in total. The third-order valence-corrected chi connectivity index (χ3v) is 6.61. The number of hydrogen-bond donors (Lipinski definition) is 0. The fraction of sp³-hybridized carbons (Fsp3) is 0.381. The minimum atomic E-state index is -0.394. The van der Waals surface area contributed by atoms with Crippen molar-refractivity contribution in [3.8, 4) is 0 Å². The first-order valence-electron chi connectivity index (χ1n) is 9.52. The van der Waals surface area contributed by atoms with E-state index in [0.717, 1.165) is 5.56 Å². The van der Waals surface area contributed by atoms with Gasteiger partial charge in [0.2, 0.25) is 0 Å². The van der Waals surface area contributed by atoms with E-state index in [1.54, 1.807) is 36.2 Å². The van der Waals surface area contributed by atoms with Crippen molar-refractivity contribution in [3.63, 3.8) is 0 Å². The van der Waals surface area contributed by atoms with Crippen molar-refractivity contribution in [3.05, 3.63) is 56.2 Å². The molecule has 1 fully saturated rings. The molecule has 1 saturated heterocycles. The van der Waals surface area contributed by atoms with Gasteiger partial charge in [0.05, 0.1) is 20.8 Å². The number of likely N-dealkylation sites (tertiary alicyclic amines) is 1. The van der Waals surface area contributed by atoms with E-state index < -0.39 is 5.97 Å². The van der Waals surface area contributed by atoms with Gasteiger partial charge in [-0.15, -0.1) is 11.3 Å². The highest BCUT2D eigenvalue weighted by atomic mass is 35.5. The van der Waals surface area contributed by atoms with Crippen LogP contribution in [0.1, 0.15) is 28.1 Å². The van der Waals surface area contributed by atoms with Gasteiger partial charge < -0.3 is 14.5 Å². The molecule has 9 heteroatoms. The second-order valence-electron chi connectivity index (χ2n) is 7.15. The van der Waals surface area contributed by atoms with Crippen LogP contribution in [0.15, 0.2) is 35.7 Å². The summed E-state index contributed by atoms with van der Waals surface area (Å²) in [6.07, 6.45) is 1.06. The van der Waals surface area contributed by atoms with Crippen molar-refractivity contribution < 1.29 is 19.1 Å². The smallest absolute Gasteiger partial charge is 0.309 e. The molecule has 2 amide bonds. The largest absolute Gasteiger partial charge is 0.455 e. The molecule has 2 heterocycles. The first-order chi connectivity index (χ1) is 14.3. The van der Waals surface area contributed by atoms with Crippen LogP contribution in [-0.2, 0) is 20.9 Å². The van der Waals surface area contributed by atoms with E-state index in [2.05, 4.69) is 0 Å². The van der Waals surface area contributed by atoms with E-state index in [4.69, 9.17) is 27.9 Å². The van der Waals surface area contributed by atoms with Crippen LogP contribution in [0.2, 0.25) is 10.0 Å². The fourth-order valence-corrected chi connectivity index (χ4v) is 4.25. The Bertz CT molecular complexity index is 912. The summed E-state index contributed by atoms with van der Waals surface area (Å²) in [4.78, 5) is 40.9. The normalized spacial score (nSPS) is 14.4. The first kappa shape index (κ1) is 22.6. The summed E-state index contributed by atoms with van der Waals surface area (Å²) in [6.45, 7) is 1.02. The van der Waals surface area contributed by atoms with Gasteiger partial charge >= 0.3 is 5.97 Å². The van der Waals surface area contributed by atoms with Crippen LogP contribution in [0, 0.1) is 5.92 Å². The van der Waals surface area contributed by atoms with Crippen LogP contribution in [0.4, 0.5) is 0 Å². The maximum atomic E-state index is 12.4. The molecular formula is C21H22Cl2N2O4S. The lowest BCUT2D eigenvalue weighted by atomic mass is 9.97. The monoisotopic (exact) mass is 468 g/mol. The molecule has 0 unspecified atom stereocenters. The molecule has 0 bridgehead atoms. The first-order valence-corrected chi connectivity index (χ1v) is 11.2. The Kier molecular flexibility index (Phi) is 7.75. The van der Waals surface area contributed by atoms with E-state index in [0.29, 0.717) is 47.4 Å². The summed E-state index contributed by atoms with van der Waals surface area (Å²) in [7, 11) is 1.63. The molecular weight excluding hydrogens is 447 g/mol. The van der Waals surface area contributed by atoms with Crippen LogP contribution in [0.25, 0.3) is 0 Å². The number of thiophene rings is 1. The Morgan fingerprint density at radius 1 is 1.17 bits per heavy atom. The number of likely N-dealkylation sites (N-methyl/N-ethyl adjacent to an activating group) is 1. The predicted molar refractivity (Wildman–Crippen MR) is 117 cm³/mol. The van der Waals surface area contributed by atoms with Crippen molar-refractivity contribution in [1.29, 1.82) is 0 Å². The molecule has 1 aliphatic rings. The van der Waals surface area contributed by atoms with Gasteiger partial charge in [0.25, 0.3) is 11.8 Å². The lowest BCUT2D eigenvalue weighted by Gasteiger charge is -2.30. The number of carbonyl (C=O) groups is 3. The number of carbonyl (C=O) groups excluding carboxylic acids is 3.